The molecule has 1 N–H and O–H groups in total. The fraction of sp³-hybridized carbons (Fsp3) is 0.120. The van der Waals surface area contributed by atoms with Gasteiger partial charge < -0.3 is 18.7 Å². The van der Waals surface area contributed by atoms with E-state index in [2.05, 4.69) is 0 Å². The number of aliphatic hydroxyl groups excluding tert-OH is 1. The number of ether oxygens (including phenoxy) is 1. The van der Waals surface area contributed by atoms with E-state index in [1.807, 2.05) is 12.1 Å². The van der Waals surface area contributed by atoms with E-state index >= 15 is 0 Å². The van der Waals surface area contributed by atoms with Crippen molar-refractivity contribution in [1.29, 1.82) is 0 Å². The standard InChI is InChI=1S/C25H19NO6/c1-14-11-12-19(31-14)22-21(23(27)20-13-15-7-3-5-9-17(15)32-20)24(28)25(29)26(22)16-8-4-6-10-18(16)30-2/h3-13,22,28H,1-2H3. The largest absolute Gasteiger partial charge is 0.503 e. The summed E-state index contributed by atoms with van der Waals surface area (Å²) in [5.41, 5.74) is 0.819. The van der Waals surface area contributed by atoms with Gasteiger partial charge in [-0.3, -0.25) is 14.5 Å². The molecule has 160 valence electrons. The van der Waals surface area contributed by atoms with E-state index in [0.717, 1.165) is 5.39 Å². The van der Waals surface area contributed by atoms with Gasteiger partial charge in [0.2, 0.25) is 5.78 Å². The third kappa shape index (κ3) is 2.98. The van der Waals surface area contributed by atoms with Crippen LogP contribution in [0.2, 0.25) is 0 Å². The van der Waals surface area contributed by atoms with Crippen LogP contribution < -0.4 is 9.64 Å². The maximum Gasteiger partial charge on any atom is 0.294 e. The van der Waals surface area contributed by atoms with Gasteiger partial charge >= 0.3 is 0 Å². The van der Waals surface area contributed by atoms with Crippen LogP contribution in [0.4, 0.5) is 5.69 Å². The molecular weight excluding hydrogens is 410 g/mol. The van der Waals surface area contributed by atoms with Gasteiger partial charge in [-0.15, -0.1) is 0 Å². The topological polar surface area (TPSA) is 93.1 Å². The van der Waals surface area contributed by atoms with Gasteiger partial charge in [0.15, 0.2) is 11.5 Å². The highest BCUT2D eigenvalue weighted by atomic mass is 16.5. The third-order valence-corrected chi connectivity index (χ3v) is 5.48. The van der Waals surface area contributed by atoms with E-state index in [4.69, 9.17) is 13.6 Å². The molecule has 1 aliphatic heterocycles. The second-order valence-corrected chi connectivity index (χ2v) is 7.44. The number of amides is 1. The van der Waals surface area contributed by atoms with Gasteiger partial charge in [0.1, 0.15) is 28.9 Å². The lowest BCUT2D eigenvalue weighted by Crippen LogP contribution is -2.31. The Morgan fingerprint density at radius 3 is 2.50 bits per heavy atom. The average Bonchev–Trinajstić information content (AvgIpc) is 3.50. The minimum absolute atomic E-state index is 0.0238. The van der Waals surface area contributed by atoms with E-state index in [0.29, 0.717) is 28.5 Å². The summed E-state index contributed by atoms with van der Waals surface area (Å²) >= 11 is 0. The van der Waals surface area contributed by atoms with Crippen molar-refractivity contribution in [3.05, 3.63) is 95.3 Å². The lowest BCUT2D eigenvalue weighted by molar-refractivity contribution is -0.117. The number of Topliss-reactive ketones (excluding diaryl/α,β-unsaturated/α-hetero) is 1. The Hall–Kier alpha value is -4.26. The number of anilines is 1. The Morgan fingerprint density at radius 2 is 1.78 bits per heavy atom. The molecule has 0 fully saturated rings. The monoisotopic (exact) mass is 429 g/mol. The summed E-state index contributed by atoms with van der Waals surface area (Å²) in [7, 11) is 1.49. The molecule has 32 heavy (non-hydrogen) atoms. The van der Waals surface area contributed by atoms with Crippen LogP contribution in [0.1, 0.15) is 28.1 Å². The Bertz CT molecular complexity index is 1360. The highest BCUT2D eigenvalue weighted by molar-refractivity contribution is 6.20. The zero-order valence-electron chi connectivity index (χ0n) is 17.4. The molecule has 0 spiro atoms. The predicted octanol–water partition coefficient (Wildman–Crippen LogP) is 5.13. The number of furan rings is 2. The summed E-state index contributed by atoms with van der Waals surface area (Å²) in [6.45, 7) is 1.76. The van der Waals surface area contributed by atoms with Crippen molar-refractivity contribution in [3.8, 4) is 5.75 Å². The van der Waals surface area contributed by atoms with Crippen molar-refractivity contribution in [3.63, 3.8) is 0 Å². The fourth-order valence-corrected chi connectivity index (χ4v) is 4.01. The van der Waals surface area contributed by atoms with Gasteiger partial charge in [0.05, 0.1) is 18.4 Å². The van der Waals surface area contributed by atoms with Gasteiger partial charge in [0.25, 0.3) is 5.91 Å². The summed E-state index contributed by atoms with van der Waals surface area (Å²) in [6.07, 6.45) is 0. The number of carbonyl (C=O) groups excluding carboxylic acids is 2. The molecule has 7 heteroatoms. The number of aryl methyl sites for hydroxylation is 1. The first-order valence-electron chi connectivity index (χ1n) is 9.99. The maximum atomic E-state index is 13.5. The smallest absolute Gasteiger partial charge is 0.294 e. The van der Waals surface area contributed by atoms with Gasteiger partial charge in [-0.1, -0.05) is 30.3 Å². The first kappa shape index (κ1) is 19.7. The van der Waals surface area contributed by atoms with E-state index in [1.54, 1.807) is 61.5 Å². The highest BCUT2D eigenvalue weighted by Crippen LogP contribution is 2.45. The van der Waals surface area contributed by atoms with Crippen LogP contribution in [0.5, 0.6) is 5.75 Å². The molecule has 3 heterocycles. The average molecular weight is 429 g/mol. The molecule has 0 radical (unpaired) electrons. The lowest BCUT2D eigenvalue weighted by atomic mass is 9.99. The second-order valence-electron chi connectivity index (χ2n) is 7.44. The number of benzene rings is 2. The Labute approximate surface area is 183 Å². The molecule has 1 unspecified atom stereocenters. The minimum Gasteiger partial charge on any atom is -0.503 e. The SMILES string of the molecule is COc1ccccc1N1C(=O)C(O)=C(C(=O)c2cc3ccccc3o2)C1c1ccc(C)o1. The predicted molar refractivity (Wildman–Crippen MR) is 117 cm³/mol. The van der Waals surface area contributed by atoms with Gasteiger partial charge in [-0.05, 0) is 43.3 Å². The molecule has 1 amide bonds. The van der Waals surface area contributed by atoms with Crippen molar-refractivity contribution in [2.45, 2.75) is 13.0 Å². The van der Waals surface area contributed by atoms with E-state index < -0.39 is 23.5 Å². The number of hydrogen-bond acceptors (Lipinski definition) is 6. The zero-order chi connectivity index (χ0) is 22.4. The molecule has 0 aliphatic carbocycles. The van der Waals surface area contributed by atoms with Crippen LogP contribution in [-0.2, 0) is 4.79 Å². The number of aliphatic hydroxyl groups is 1. The second kappa shape index (κ2) is 7.46. The first-order chi connectivity index (χ1) is 15.5. The van der Waals surface area contributed by atoms with E-state index in [9.17, 15) is 14.7 Å². The quantitative estimate of drug-likeness (QED) is 0.442. The molecule has 0 bridgehead atoms. The summed E-state index contributed by atoms with van der Waals surface area (Å²) in [5, 5.41) is 11.6. The van der Waals surface area contributed by atoms with Gasteiger partial charge in [-0.2, -0.15) is 0 Å². The van der Waals surface area contributed by atoms with Crippen molar-refractivity contribution in [2.24, 2.45) is 0 Å². The number of ketones is 1. The van der Waals surface area contributed by atoms with E-state index in [1.165, 1.54) is 12.0 Å². The lowest BCUT2D eigenvalue weighted by Gasteiger charge is -2.26. The van der Waals surface area contributed by atoms with Crippen LogP contribution in [0, 0.1) is 6.92 Å². The number of methoxy groups -OCH3 is 1. The Morgan fingerprint density at radius 1 is 1.03 bits per heavy atom. The third-order valence-electron chi connectivity index (χ3n) is 5.48. The Balaban J connectivity index is 1.68. The van der Waals surface area contributed by atoms with Crippen molar-refractivity contribution in [1.82, 2.24) is 0 Å². The van der Waals surface area contributed by atoms with Crippen LogP contribution >= 0.6 is 0 Å². The maximum absolute atomic E-state index is 13.5. The van der Waals surface area contributed by atoms with Crippen molar-refractivity contribution < 1.29 is 28.3 Å². The Kier molecular flexibility index (Phi) is 4.59. The molecule has 2 aromatic heterocycles. The minimum atomic E-state index is -0.992. The van der Waals surface area contributed by atoms with Crippen LogP contribution in [0.25, 0.3) is 11.0 Å². The van der Waals surface area contributed by atoms with Crippen molar-refractivity contribution in [2.75, 3.05) is 12.0 Å². The van der Waals surface area contributed by atoms with Crippen LogP contribution in [-0.4, -0.2) is 23.9 Å². The van der Waals surface area contributed by atoms with E-state index in [-0.39, 0.29) is 11.3 Å². The van der Waals surface area contributed by atoms with Crippen molar-refractivity contribution >= 4 is 28.3 Å². The number of fused-ring (bicyclic) bond motifs is 1. The molecule has 0 saturated carbocycles. The number of para-hydroxylation sites is 3. The highest BCUT2D eigenvalue weighted by Gasteiger charge is 2.47. The number of nitrogens with zero attached hydrogens (tertiary/aromatic N) is 1. The molecule has 4 aromatic rings. The zero-order valence-corrected chi connectivity index (χ0v) is 17.4. The van der Waals surface area contributed by atoms with Crippen LogP contribution in [0.3, 0.4) is 0 Å². The first-order valence-corrected chi connectivity index (χ1v) is 9.99. The summed E-state index contributed by atoms with van der Waals surface area (Å²) < 4.78 is 16.9. The summed E-state index contributed by atoms with van der Waals surface area (Å²) in [5.74, 6) is -0.591. The summed E-state index contributed by atoms with van der Waals surface area (Å²) in [6, 6.07) is 18.1. The molecule has 5 rings (SSSR count). The number of rotatable bonds is 5. The number of hydrogen-bond donors (Lipinski definition) is 1. The normalized spacial score (nSPS) is 16.2. The number of carbonyl (C=O) groups is 2. The fourth-order valence-electron chi connectivity index (χ4n) is 4.01. The molecule has 1 aliphatic rings. The van der Waals surface area contributed by atoms with Crippen LogP contribution in [0.15, 0.2) is 86.9 Å². The van der Waals surface area contributed by atoms with Gasteiger partial charge in [0, 0.05) is 5.39 Å². The molecule has 2 aromatic carbocycles. The molecule has 0 saturated heterocycles. The molecule has 7 nitrogen and oxygen atoms in total. The summed E-state index contributed by atoms with van der Waals surface area (Å²) in [4.78, 5) is 28.1. The molecular formula is C25H19NO6. The molecule has 1 atom stereocenters. The van der Waals surface area contributed by atoms with Gasteiger partial charge in [-0.25, -0.2) is 0 Å².